The van der Waals surface area contributed by atoms with E-state index in [2.05, 4.69) is 4.74 Å². The van der Waals surface area contributed by atoms with E-state index in [1.54, 1.807) is 0 Å². The standard InChI is InChI=1S/C17H24O4/c1-3-17(14-18,10-9-16(19)20-2)11-12-21-13-15-7-5-4-6-8-15/h4-8,14H,3,9-13H2,1-2H3/t17-/m0/s1. The first kappa shape index (κ1) is 17.4. The van der Waals surface area contributed by atoms with Crippen molar-refractivity contribution in [3.63, 3.8) is 0 Å². The van der Waals surface area contributed by atoms with Crippen LogP contribution >= 0.6 is 0 Å². The highest BCUT2D eigenvalue weighted by atomic mass is 16.5. The topological polar surface area (TPSA) is 52.6 Å². The van der Waals surface area contributed by atoms with Crippen LogP contribution in [0.4, 0.5) is 0 Å². The Bertz CT molecular complexity index is 430. The first-order chi connectivity index (χ1) is 10.2. The third kappa shape index (κ3) is 6.08. The molecule has 0 N–H and O–H groups in total. The van der Waals surface area contributed by atoms with Gasteiger partial charge in [0.25, 0.3) is 0 Å². The highest BCUT2D eigenvalue weighted by molar-refractivity contribution is 5.70. The molecule has 1 aromatic rings. The van der Waals surface area contributed by atoms with Crippen molar-refractivity contribution in [2.24, 2.45) is 5.41 Å². The second-order valence-corrected chi connectivity index (χ2v) is 5.20. The smallest absolute Gasteiger partial charge is 0.305 e. The van der Waals surface area contributed by atoms with Crippen LogP contribution in [0.1, 0.15) is 38.2 Å². The van der Waals surface area contributed by atoms with Crippen LogP contribution in [-0.4, -0.2) is 26.0 Å². The van der Waals surface area contributed by atoms with Crippen LogP contribution in [-0.2, 0) is 25.7 Å². The van der Waals surface area contributed by atoms with Gasteiger partial charge in [0.2, 0.25) is 0 Å². The van der Waals surface area contributed by atoms with Crippen molar-refractivity contribution in [1.29, 1.82) is 0 Å². The van der Waals surface area contributed by atoms with E-state index in [-0.39, 0.29) is 12.4 Å². The Balaban J connectivity index is 2.39. The van der Waals surface area contributed by atoms with Gasteiger partial charge in [0.1, 0.15) is 6.29 Å². The molecular formula is C17H24O4. The summed E-state index contributed by atoms with van der Waals surface area (Å²) in [5, 5.41) is 0. The lowest BCUT2D eigenvalue weighted by Crippen LogP contribution is -2.25. The summed E-state index contributed by atoms with van der Waals surface area (Å²) in [5.74, 6) is -0.278. The largest absolute Gasteiger partial charge is 0.469 e. The zero-order valence-corrected chi connectivity index (χ0v) is 12.8. The van der Waals surface area contributed by atoms with Gasteiger partial charge < -0.3 is 14.3 Å². The Hall–Kier alpha value is -1.68. The molecular weight excluding hydrogens is 268 g/mol. The quantitative estimate of drug-likeness (QED) is 0.378. The minimum absolute atomic E-state index is 0.266. The zero-order chi connectivity index (χ0) is 15.6. The molecule has 21 heavy (non-hydrogen) atoms. The van der Waals surface area contributed by atoms with Crippen molar-refractivity contribution in [2.45, 2.75) is 39.2 Å². The molecule has 4 nitrogen and oxygen atoms in total. The van der Waals surface area contributed by atoms with Gasteiger partial charge in [0, 0.05) is 18.4 Å². The molecule has 0 unspecified atom stereocenters. The van der Waals surface area contributed by atoms with Gasteiger partial charge in [0.05, 0.1) is 13.7 Å². The molecule has 0 amide bonds. The lowest BCUT2D eigenvalue weighted by Gasteiger charge is -2.26. The lowest BCUT2D eigenvalue weighted by molar-refractivity contribution is -0.141. The molecule has 0 bridgehead atoms. The number of rotatable bonds is 10. The van der Waals surface area contributed by atoms with Gasteiger partial charge in [-0.2, -0.15) is 0 Å². The van der Waals surface area contributed by atoms with Gasteiger partial charge in [-0.1, -0.05) is 37.3 Å². The van der Waals surface area contributed by atoms with Crippen LogP contribution < -0.4 is 0 Å². The molecule has 1 rings (SSSR count). The van der Waals surface area contributed by atoms with Crippen molar-refractivity contribution in [3.05, 3.63) is 35.9 Å². The van der Waals surface area contributed by atoms with Crippen LogP contribution in [0.3, 0.4) is 0 Å². The molecule has 0 saturated carbocycles. The van der Waals surface area contributed by atoms with Crippen molar-refractivity contribution >= 4 is 12.3 Å². The first-order valence-electron chi connectivity index (χ1n) is 7.30. The fourth-order valence-electron chi connectivity index (χ4n) is 2.17. The Labute approximate surface area is 126 Å². The maximum Gasteiger partial charge on any atom is 0.305 e. The average Bonchev–Trinajstić information content (AvgIpc) is 2.55. The zero-order valence-electron chi connectivity index (χ0n) is 12.8. The Morgan fingerprint density at radius 1 is 1.24 bits per heavy atom. The number of esters is 1. The van der Waals surface area contributed by atoms with Crippen molar-refractivity contribution in [2.75, 3.05) is 13.7 Å². The summed E-state index contributed by atoms with van der Waals surface area (Å²) >= 11 is 0. The number of hydrogen-bond donors (Lipinski definition) is 0. The summed E-state index contributed by atoms with van der Waals surface area (Å²) in [6, 6.07) is 9.91. The lowest BCUT2D eigenvalue weighted by atomic mass is 9.79. The van der Waals surface area contributed by atoms with Crippen LogP contribution in [0, 0.1) is 5.41 Å². The SMILES string of the molecule is CC[C@@](C=O)(CCOCc1ccccc1)CCC(=O)OC. The van der Waals surface area contributed by atoms with Gasteiger partial charge >= 0.3 is 5.97 Å². The fourth-order valence-corrected chi connectivity index (χ4v) is 2.17. The molecule has 116 valence electrons. The summed E-state index contributed by atoms with van der Waals surface area (Å²) in [6.07, 6.45) is 3.05. The van der Waals surface area contributed by atoms with Gasteiger partial charge in [-0.3, -0.25) is 4.79 Å². The molecule has 4 heteroatoms. The third-order valence-corrected chi connectivity index (χ3v) is 3.86. The van der Waals surface area contributed by atoms with Gasteiger partial charge in [-0.25, -0.2) is 0 Å². The highest BCUT2D eigenvalue weighted by Gasteiger charge is 2.28. The number of carbonyl (C=O) groups excluding carboxylic acids is 2. The van der Waals surface area contributed by atoms with Crippen molar-refractivity contribution in [1.82, 2.24) is 0 Å². The molecule has 0 heterocycles. The minimum Gasteiger partial charge on any atom is -0.469 e. The maximum absolute atomic E-state index is 11.4. The molecule has 0 aliphatic heterocycles. The van der Waals surface area contributed by atoms with Crippen LogP contribution in [0.2, 0.25) is 0 Å². The molecule has 1 aromatic carbocycles. The Morgan fingerprint density at radius 3 is 2.52 bits per heavy atom. The number of aldehydes is 1. The average molecular weight is 292 g/mol. The summed E-state index contributed by atoms with van der Waals surface area (Å²) in [4.78, 5) is 22.7. The maximum atomic E-state index is 11.4. The molecule has 0 fully saturated rings. The summed E-state index contributed by atoms with van der Waals surface area (Å²) < 4.78 is 10.3. The van der Waals surface area contributed by atoms with E-state index in [0.717, 1.165) is 11.8 Å². The molecule has 1 atom stereocenters. The van der Waals surface area contributed by atoms with E-state index in [1.807, 2.05) is 37.3 Å². The Morgan fingerprint density at radius 2 is 1.95 bits per heavy atom. The van der Waals surface area contributed by atoms with E-state index in [9.17, 15) is 9.59 Å². The minimum atomic E-state index is -0.495. The summed E-state index contributed by atoms with van der Waals surface area (Å²) in [6.45, 7) is 3.00. The predicted octanol–water partition coefficient (Wildman–Crippen LogP) is 3.14. The van der Waals surface area contributed by atoms with E-state index in [1.165, 1.54) is 7.11 Å². The third-order valence-electron chi connectivity index (χ3n) is 3.86. The monoisotopic (exact) mass is 292 g/mol. The van der Waals surface area contributed by atoms with Crippen molar-refractivity contribution < 1.29 is 19.1 Å². The van der Waals surface area contributed by atoms with E-state index < -0.39 is 5.41 Å². The summed E-state index contributed by atoms with van der Waals surface area (Å²) in [5.41, 5.74) is 0.616. The molecule has 0 aliphatic carbocycles. The Kier molecular flexibility index (Phi) is 7.69. The number of hydrogen-bond acceptors (Lipinski definition) is 4. The van der Waals surface area contributed by atoms with E-state index in [4.69, 9.17) is 4.74 Å². The van der Waals surface area contributed by atoms with Gasteiger partial charge in [0.15, 0.2) is 0 Å². The van der Waals surface area contributed by atoms with Crippen LogP contribution in [0.15, 0.2) is 30.3 Å². The second kappa shape index (κ2) is 9.29. The number of benzene rings is 1. The van der Waals surface area contributed by atoms with Crippen LogP contribution in [0.5, 0.6) is 0 Å². The van der Waals surface area contributed by atoms with E-state index >= 15 is 0 Å². The van der Waals surface area contributed by atoms with Crippen molar-refractivity contribution in [3.8, 4) is 0 Å². The normalized spacial score (nSPS) is 13.4. The highest BCUT2D eigenvalue weighted by Crippen LogP contribution is 2.30. The van der Waals surface area contributed by atoms with Crippen LogP contribution in [0.25, 0.3) is 0 Å². The molecule has 0 aliphatic rings. The van der Waals surface area contributed by atoms with Gasteiger partial charge in [-0.05, 0) is 24.8 Å². The molecule has 0 spiro atoms. The number of carbonyl (C=O) groups is 2. The number of ether oxygens (including phenoxy) is 2. The number of methoxy groups -OCH3 is 1. The summed E-state index contributed by atoms with van der Waals surface area (Å²) in [7, 11) is 1.36. The first-order valence-corrected chi connectivity index (χ1v) is 7.30. The second-order valence-electron chi connectivity index (χ2n) is 5.20. The molecule has 0 saturated heterocycles. The molecule has 0 aromatic heterocycles. The van der Waals surface area contributed by atoms with Gasteiger partial charge in [-0.15, -0.1) is 0 Å². The molecule has 0 radical (unpaired) electrons. The van der Waals surface area contributed by atoms with E-state index in [0.29, 0.717) is 32.5 Å². The predicted molar refractivity (Wildman–Crippen MR) is 80.8 cm³/mol. The fraction of sp³-hybridized carbons (Fsp3) is 0.529.